The molecule has 1 amide bonds. The monoisotopic (exact) mass is 426 g/mol. The molecule has 1 atom stereocenters. The van der Waals surface area contributed by atoms with Crippen molar-refractivity contribution in [3.63, 3.8) is 0 Å². The minimum absolute atomic E-state index is 0.0659. The summed E-state index contributed by atoms with van der Waals surface area (Å²) in [7, 11) is -3.67. The average molecular weight is 427 g/mol. The van der Waals surface area contributed by atoms with Gasteiger partial charge in [-0.2, -0.15) is 0 Å². The van der Waals surface area contributed by atoms with Crippen molar-refractivity contribution >= 4 is 27.3 Å². The molecule has 2 aromatic heterocycles. The van der Waals surface area contributed by atoms with E-state index in [-0.39, 0.29) is 35.2 Å². The van der Waals surface area contributed by atoms with Crippen LogP contribution in [0, 0.1) is 6.92 Å². The van der Waals surface area contributed by atoms with Crippen molar-refractivity contribution in [2.45, 2.75) is 43.6 Å². The lowest BCUT2D eigenvalue weighted by atomic mass is 10.2. The van der Waals surface area contributed by atoms with Crippen molar-refractivity contribution in [3.8, 4) is 10.8 Å². The smallest absolute Gasteiger partial charge is 0.311 e. The third kappa shape index (κ3) is 3.97. The van der Waals surface area contributed by atoms with E-state index in [0.29, 0.717) is 29.5 Å². The predicted octanol–water partition coefficient (Wildman–Crippen LogP) is 1.80. The van der Waals surface area contributed by atoms with Crippen molar-refractivity contribution in [1.29, 1.82) is 0 Å². The first kappa shape index (κ1) is 19.5. The number of sulfonamides is 1. The highest BCUT2D eigenvalue weighted by Gasteiger charge is 2.27. The van der Waals surface area contributed by atoms with E-state index in [1.165, 1.54) is 17.4 Å². The molecular formula is C17H22N4O5S2. The number of aromatic nitrogens is 2. The van der Waals surface area contributed by atoms with E-state index in [1.807, 2.05) is 0 Å². The molecule has 152 valence electrons. The van der Waals surface area contributed by atoms with Gasteiger partial charge in [0.2, 0.25) is 10.0 Å². The molecule has 4 heterocycles. The van der Waals surface area contributed by atoms with Crippen molar-refractivity contribution < 1.29 is 22.4 Å². The molecule has 1 N–H and O–H groups in total. The predicted molar refractivity (Wildman–Crippen MR) is 102 cm³/mol. The first-order valence-electron chi connectivity index (χ1n) is 9.29. The average Bonchev–Trinajstić information content (AvgIpc) is 3.47. The summed E-state index contributed by atoms with van der Waals surface area (Å²) in [4.78, 5) is 15.3. The van der Waals surface area contributed by atoms with Gasteiger partial charge in [-0.3, -0.25) is 4.79 Å². The number of rotatable bonds is 6. The summed E-state index contributed by atoms with van der Waals surface area (Å²) in [6.45, 7) is 4.02. The molecule has 2 aliphatic heterocycles. The summed E-state index contributed by atoms with van der Waals surface area (Å²) in [5.74, 6) is -0.198. The van der Waals surface area contributed by atoms with Crippen LogP contribution < -0.4 is 4.72 Å². The minimum Gasteiger partial charge on any atom is -0.411 e. The topological polar surface area (TPSA) is 115 Å². The van der Waals surface area contributed by atoms with Crippen molar-refractivity contribution in [3.05, 3.63) is 16.8 Å². The van der Waals surface area contributed by atoms with Gasteiger partial charge >= 0.3 is 11.8 Å². The van der Waals surface area contributed by atoms with Crippen molar-refractivity contribution in [2.75, 3.05) is 26.2 Å². The molecule has 4 rings (SSSR count). The Hall–Kier alpha value is -1.82. The normalized spacial score (nSPS) is 20.2. The largest absolute Gasteiger partial charge is 0.411 e. The van der Waals surface area contributed by atoms with Crippen LogP contribution in [0.4, 0.5) is 0 Å². The van der Waals surface area contributed by atoms with Gasteiger partial charge in [0, 0.05) is 31.1 Å². The number of likely N-dealkylation sites (tertiary alicyclic amines) is 1. The van der Waals surface area contributed by atoms with Crippen LogP contribution in [0.15, 0.2) is 15.4 Å². The van der Waals surface area contributed by atoms with Gasteiger partial charge in [0.05, 0.1) is 15.9 Å². The molecular weight excluding hydrogens is 404 g/mol. The zero-order valence-corrected chi connectivity index (χ0v) is 17.1. The Morgan fingerprint density at radius 2 is 2.11 bits per heavy atom. The van der Waals surface area contributed by atoms with Gasteiger partial charge in [-0.15, -0.1) is 21.5 Å². The fourth-order valence-electron chi connectivity index (χ4n) is 3.39. The third-order valence-electron chi connectivity index (χ3n) is 4.90. The summed E-state index contributed by atoms with van der Waals surface area (Å²) >= 11 is 1.24. The Kier molecular flexibility index (Phi) is 5.50. The highest BCUT2D eigenvalue weighted by atomic mass is 32.2. The maximum atomic E-state index is 12.7. The van der Waals surface area contributed by atoms with E-state index in [4.69, 9.17) is 9.15 Å². The second-order valence-electron chi connectivity index (χ2n) is 6.93. The van der Waals surface area contributed by atoms with Gasteiger partial charge in [0.25, 0.3) is 5.89 Å². The molecule has 1 unspecified atom stereocenters. The first-order chi connectivity index (χ1) is 13.4. The van der Waals surface area contributed by atoms with E-state index in [9.17, 15) is 13.2 Å². The number of hydrogen-bond donors (Lipinski definition) is 1. The number of nitrogens with zero attached hydrogens (tertiary/aromatic N) is 3. The fourth-order valence-corrected chi connectivity index (χ4v) is 5.96. The van der Waals surface area contributed by atoms with Crippen LogP contribution in [0.1, 0.15) is 41.2 Å². The molecule has 0 aromatic carbocycles. The van der Waals surface area contributed by atoms with Gasteiger partial charge in [-0.25, -0.2) is 13.1 Å². The summed E-state index contributed by atoms with van der Waals surface area (Å²) in [6, 6.07) is 1.51. The molecule has 2 fully saturated rings. The Bertz CT molecular complexity index is 956. The Morgan fingerprint density at radius 1 is 1.32 bits per heavy atom. The van der Waals surface area contributed by atoms with Gasteiger partial charge in [-0.1, -0.05) is 0 Å². The van der Waals surface area contributed by atoms with Gasteiger partial charge in [-0.05, 0) is 38.7 Å². The van der Waals surface area contributed by atoms with Crippen molar-refractivity contribution in [2.24, 2.45) is 0 Å². The molecule has 11 heteroatoms. The van der Waals surface area contributed by atoms with Crippen LogP contribution in [-0.4, -0.2) is 61.8 Å². The first-order valence-corrected chi connectivity index (χ1v) is 11.6. The lowest BCUT2D eigenvalue weighted by Gasteiger charge is -2.11. The zero-order valence-electron chi connectivity index (χ0n) is 15.5. The lowest BCUT2D eigenvalue weighted by Crippen LogP contribution is -2.31. The quantitative estimate of drug-likeness (QED) is 0.749. The van der Waals surface area contributed by atoms with Gasteiger partial charge in [0.1, 0.15) is 0 Å². The number of ether oxygens (including phenoxy) is 1. The molecule has 2 saturated heterocycles. The molecule has 0 spiro atoms. The minimum atomic E-state index is -3.67. The van der Waals surface area contributed by atoms with Gasteiger partial charge < -0.3 is 14.1 Å². The molecule has 2 aliphatic rings. The number of thiophene rings is 1. The summed E-state index contributed by atoms with van der Waals surface area (Å²) in [5.41, 5.74) is 0. The Morgan fingerprint density at radius 3 is 2.82 bits per heavy atom. The maximum Gasteiger partial charge on any atom is 0.311 e. The third-order valence-corrected chi connectivity index (χ3v) is 7.62. The van der Waals surface area contributed by atoms with Crippen LogP contribution in [0.3, 0.4) is 0 Å². The highest BCUT2D eigenvalue weighted by Crippen LogP contribution is 2.33. The van der Waals surface area contributed by atoms with Crippen LogP contribution in [0.25, 0.3) is 10.8 Å². The lowest BCUT2D eigenvalue weighted by molar-refractivity contribution is 0.0754. The molecule has 2 aromatic rings. The molecule has 0 saturated carbocycles. The molecule has 0 radical (unpaired) electrons. The molecule has 9 nitrogen and oxygen atoms in total. The summed E-state index contributed by atoms with van der Waals surface area (Å²) in [6.07, 6.45) is 3.66. The maximum absolute atomic E-state index is 12.7. The van der Waals surface area contributed by atoms with E-state index in [0.717, 1.165) is 25.7 Å². The van der Waals surface area contributed by atoms with E-state index >= 15 is 0 Å². The second-order valence-corrected chi connectivity index (χ2v) is 9.92. The zero-order chi connectivity index (χ0) is 19.7. The Labute approximate surface area is 167 Å². The van der Waals surface area contributed by atoms with Crippen LogP contribution in [-0.2, 0) is 14.8 Å². The fraction of sp³-hybridized carbons (Fsp3) is 0.588. The number of nitrogens with one attached hydrogen (secondary N) is 1. The molecule has 0 bridgehead atoms. The number of amides is 1. The van der Waals surface area contributed by atoms with Crippen LogP contribution in [0.2, 0.25) is 0 Å². The van der Waals surface area contributed by atoms with E-state index in [1.54, 1.807) is 11.8 Å². The van der Waals surface area contributed by atoms with Gasteiger partial charge in [0.15, 0.2) is 0 Å². The van der Waals surface area contributed by atoms with E-state index < -0.39 is 10.0 Å². The SMILES string of the molecule is Cc1sc(-c2nnc(C(=O)N3CCCC3)o2)cc1S(=O)(=O)NCC1CCCO1. The number of carbonyl (C=O) groups excluding carboxylic acids is 1. The molecule has 28 heavy (non-hydrogen) atoms. The molecule has 0 aliphatic carbocycles. The number of carbonyl (C=O) groups is 1. The van der Waals surface area contributed by atoms with Crippen molar-refractivity contribution in [1.82, 2.24) is 19.8 Å². The second kappa shape index (κ2) is 7.90. The number of hydrogen-bond acceptors (Lipinski definition) is 8. The summed E-state index contributed by atoms with van der Waals surface area (Å²) < 4.78 is 38.9. The summed E-state index contributed by atoms with van der Waals surface area (Å²) in [5, 5.41) is 7.78. The van der Waals surface area contributed by atoms with Crippen LogP contribution in [0.5, 0.6) is 0 Å². The van der Waals surface area contributed by atoms with Crippen LogP contribution >= 0.6 is 11.3 Å². The number of aryl methyl sites for hydroxylation is 1. The standard InChI is InChI=1S/C17H22N4O5S2/c1-11-14(28(23,24)18-10-12-5-4-8-25-12)9-13(27-11)15-19-20-16(26-15)17(22)21-6-2-3-7-21/h9,12,18H,2-8,10H2,1H3. The highest BCUT2D eigenvalue weighted by molar-refractivity contribution is 7.89. The van der Waals surface area contributed by atoms with E-state index in [2.05, 4.69) is 14.9 Å². The Balaban J connectivity index is 1.50.